The quantitative estimate of drug-likeness (QED) is 0.678. The summed E-state index contributed by atoms with van der Waals surface area (Å²) in [6, 6.07) is 7.17. The lowest BCUT2D eigenvalue weighted by molar-refractivity contribution is 0.0669. The second kappa shape index (κ2) is 7.71. The molecule has 0 saturated carbocycles. The van der Waals surface area contributed by atoms with Crippen LogP contribution in [0.15, 0.2) is 40.6 Å². The SMILES string of the molecule is CCn1cc(C(=O)N2CCCC(n3nc(-c4cccs4)ccc3=O)C2)c(C)n1. The molecule has 1 aliphatic heterocycles. The molecule has 3 aromatic rings. The molecule has 0 N–H and O–H groups in total. The lowest BCUT2D eigenvalue weighted by Gasteiger charge is -2.33. The van der Waals surface area contributed by atoms with Crippen molar-refractivity contribution in [1.29, 1.82) is 0 Å². The third-order valence-electron chi connectivity index (χ3n) is 5.13. The van der Waals surface area contributed by atoms with Gasteiger partial charge in [0.25, 0.3) is 11.5 Å². The van der Waals surface area contributed by atoms with Crippen molar-refractivity contribution in [2.45, 2.75) is 39.3 Å². The summed E-state index contributed by atoms with van der Waals surface area (Å²) < 4.78 is 3.33. The third-order valence-corrected chi connectivity index (χ3v) is 6.02. The minimum atomic E-state index is -0.130. The fourth-order valence-corrected chi connectivity index (χ4v) is 4.33. The van der Waals surface area contributed by atoms with E-state index in [1.54, 1.807) is 32.8 Å². The smallest absolute Gasteiger partial charge is 0.267 e. The Morgan fingerprint density at radius 1 is 1.29 bits per heavy atom. The van der Waals surface area contributed by atoms with Gasteiger partial charge in [-0.05, 0) is 44.2 Å². The first-order chi connectivity index (χ1) is 13.6. The zero-order valence-electron chi connectivity index (χ0n) is 16.0. The molecule has 0 aromatic carbocycles. The molecule has 0 radical (unpaired) electrons. The highest BCUT2D eigenvalue weighted by Gasteiger charge is 2.28. The number of nitrogens with zero attached hydrogens (tertiary/aromatic N) is 5. The van der Waals surface area contributed by atoms with Gasteiger partial charge in [0.2, 0.25) is 0 Å². The van der Waals surface area contributed by atoms with Gasteiger partial charge in [-0.15, -0.1) is 11.3 Å². The van der Waals surface area contributed by atoms with Crippen LogP contribution in [0.4, 0.5) is 0 Å². The zero-order valence-corrected chi connectivity index (χ0v) is 16.9. The lowest BCUT2D eigenvalue weighted by atomic mass is 10.0. The predicted octanol–water partition coefficient (Wildman–Crippen LogP) is 2.97. The van der Waals surface area contributed by atoms with Gasteiger partial charge < -0.3 is 4.90 Å². The lowest BCUT2D eigenvalue weighted by Crippen LogP contribution is -2.43. The highest BCUT2D eigenvalue weighted by Crippen LogP contribution is 2.25. The first kappa shape index (κ1) is 18.6. The second-order valence-corrected chi connectivity index (χ2v) is 7.96. The molecule has 0 aliphatic carbocycles. The van der Waals surface area contributed by atoms with Crippen molar-refractivity contribution in [3.8, 4) is 10.6 Å². The molecule has 1 saturated heterocycles. The van der Waals surface area contributed by atoms with Crippen molar-refractivity contribution in [2.24, 2.45) is 0 Å². The number of carbonyl (C=O) groups excluding carboxylic acids is 1. The zero-order chi connectivity index (χ0) is 19.7. The first-order valence-electron chi connectivity index (χ1n) is 9.54. The Bertz CT molecular complexity index is 1040. The average molecular weight is 398 g/mol. The Balaban J connectivity index is 1.59. The summed E-state index contributed by atoms with van der Waals surface area (Å²) in [4.78, 5) is 28.4. The molecule has 146 valence electrons. The Labute approximate surface area is 167 Å². The molecule has 3 aromatic heterocycles. The van der Waals surface area contributed by atoms with Gasteiger partial charge in [0, 0.05) is 31.9 Å². The first-order valence-corrected chi connectivity index (χ1v) is 10.4. The van der Waals surface area contributed by atoms with Gasteiger partial charge in [0.15, 0.2) is 0 Å². The van der Waals surface area contributed by atoms with Gasteiger partial charge in [-0.25, -0.2) is 4.68 Å². The molecule has 28 heavy (non-hydrogen) atoms. The topological polar surface area (TPSA) is 73.0 Å². The minimum Gasteiger partial charge on any atom is -0.336 e. The van der Waals surface area contributed by atoms with Gasteiger partial charge in [0.1, 0.15) is 5.69 Å². The molecule has 1 atom stereocenters. The van der Waals surface area contributed by atoms with Crippen LogP contribution < -0.4 is 5.56 Å². The van der Waals surface area contributed by atoms with Crippen molar-refractivity contribution < 1.29 is 4.79 Å². The molecule has 1 unspecified atom stereocenters. The molecule has 0 bridgehead atoms. The van der Waals surface area contributed by atoms with Gasteiger partial charge >= 0.3 is 0 Å². The Hall–Kier alpha value is -2.74. The van der Waals surface area contributed by atoms with Crippen LogP contribution in [0.1, 0.15) is 41.9 Å². The maximum Gasteiger partial charge on any atom is 0.267 e. The van der Waals surface area contributed by atoms with Gasteiger partial charge in [-0.1, -0.05) is 6.07 Å². The number of carbonyl (C=O) groups is 1. The molecular weight excluding hydrogens is 374 g/mol. The number of rotatable bonds is 4. The van der Waals surface area contributed by atoms with Crippen molar-refractivity contribution in [3.05, 3.63) is 57.5 Å². The second-order valence-electron chi connectivity index (χ2n) is 7.01. The van der Waals surface area contributed by atoms with Crippen LogP contribution in [0.25, 0.3) is 10.6 Å². The number of thiophene rings is 1. The molecule has 4 heterocycles. The molecule has 7 nitrogen and oxygen atoms in total. The number of amides is 1. The van der Waals surface area contributed by atoms with E-state index in [0.717, 1.165) is 35.7 Å². The van der Waals surface area contributed by atoms with E-state index in [4.69, 9.17) is 0 Å². The standard InChI is InChI=1S/C20H23N5O2S/c1-3-24-13-16(14(2)21-24)20(27)23-10-4-6-15(12-23)25-19(26)9-8-17(22-25)18-7-5-11-28-18/h5,7-9,11,13,15H,3-4,6,10,12H2,1-2H3. The molecular formula is C20H23N5O2S. The molecule has 1 fully saturated rings. The van der Waals surface area contributed by atoms with E-state index in [2.05, 4.69) is 10.2 Å². The number of likely N-dealkylation sites (tertiary alicyclic amines) is 1. The van der Waals surface area contributed by atoms with E-state index in [1.807, 2.05) is 42.5 Å². The maximum absolute atomic E-state index is 13.0. The fraction of sp³-hybridized carbons (Fsp3) is 0.400. The number of hydrogen-bond acceptors (Lipinski definition) is 5. The monoisotopic (exact) mass is 397 g/mol. The van der Waals surface area contributed by atoms with E-state index in [0.29, 0.717) is 18.7 Å². The molecule has 1 aliphatic rings. The fourth-order valence-electron chi connectivity index (χ4n) is 3.64. The summed E-state index contributed by atoms with van der Waals surface area (Å²) in [7, 11) is 0. The molecule has 0 spiro atoms. The summed E-state index contributed by atoms with van der Waals surface area (Å²) in [6.45, 7) is 5.75. The average Bonchev–Trinajstić information content (AvgIpc) is 3.38. The van der Waals surface area contributed by atoms with Crippen molar-refractivity contribution >= 4 is 17.2 Å². The third kappa shape index (κ3) is 3.52. The van der Waals surface area contributed by atoms with Crippen LogP contribution >= 0.6 is 11.3 Å². The van der Waals surface area contributed by atoms with E-state index in [1.165, 1.54) is 0 Å². The van der Waals surface area contributed by atoms with Crippen LogP contribution in [-0.2, 0) is 6.54 Å². The maximum atomic E-state index is 13.0. The predicted molar refractivity (Wildman–Crippen MR) is 109 cm³/mol. The van der Waals surface area contributed by atoms with Crippen LogP contribution in [0.2, 0.25) is 0 Å². The van der Waals surface area contributed by atoms with E-state index in [9.17, 15) is 9.59 Å². The minimum absolute atomic E-state index is 0.0237. The van der Waals surface area contributed by atoms with E-state index >= 15 is 0 Å². The Morgan fingerprint density at radius 3 is 2.86 bits per heavy atom. The summed E-state index contributed by atoms with van der Waals surface area (Å²) in [6.07, 6.45) is 3.48. The summed E-state index contributed by atoms with van der Waals surface area (Å²) >= 11 is 1.59. The number of piperidine rings is 1. The largest absolute Gasteiger partial charge is 0.336 e. The molecule has 8 heteroatoms. The highest BCUT2D eigenvalue weighted by molar-refractivity contribution is 7.13. The van der Waals surface area contributed by atoms with Gasteiger partial charge in [0.05, 0.1) is 22.2 Å². The number of aryl methyl sites for hydroxylation is 2. The summed E-state index contributed by atoms with van der Waals surface area (Å²) in [5.41, 5.74) is 2.03. The van der Waals surface area contributed by atoms with Gasteiger partial charge in [-0.3, -0.25) is 14.3 Å². The Kier molecular flexibility index (Phi) is 5.13. The van der Waals surface area contributed by atoms with Crippen LogP contribution in [-0.4, -0.2) is 43.5 Å². The van der Waals surface area contributed by atoms with E-state index < -0.39 is 0 Å². The van der Waals surface area contributed by atoms with Crippen molar-refractivity contribution in [3.63, 3.8) is 0 Å². The highest BCUT2D eigenvalue weighted by atomic mass is 32.1. The number of hydrogen-bond donors (Lipinski definition) is 0. The summed E-state index contributed by atoms with van der Waals surface area (Å²) in [5, 5.41) is 11.0. The number of aromatic nitrogens is 4. The van der Waals surface area contributed by atoms with Crippen molar-refractivity contribution in [2.75, 3.05) is 13.1 Å². The summed E-state index contributed by atoms with van der Waals surface area (Å²) in [5.74, 6) is -0.0237. The van der Waals surface area contributed by atoms with Crippen molar-refractivity contribution in [1.82, 2.24) is 24.5 Å². The van der Waals surface area contributed by atoms with Crippen LogP contribution in [0.3, 0.4) is 0 Å². The Morgan fingerprint density at radius 2 is 2.14 bits per heavy atom. The molecule has 4 rings (SSSR count). The van der Waals surface area contributed by atoms with Crippen LogP contribution in [0.5, 0.6) is 0 Å². The van der Waals surface area contributed by atoms with E-state index in [-0.39, 0.29) is 17.5 Å². The van der Waals surface area contributed by atoms with Crippen LogP contribution in [0, 0.1) is 6.92 Å². The normalized spacial score (nSPS) is 17.1. The molecule has 1 amide bonds. The van der Waals surface area contributed by atoms with Gasteiger partial charge in [-0.2, -0.15) is 10.2 Å².